The molecule has 4 nitrogen and oxygen atoms in total. The Morgan fingerprint density at radius 2 is 2.00 bits per heavy atom. The molecule has 1 amide bonds. The van der Waals surface area contributed by atoms with Crippen molar-refractivity contribution in [3.8, 4) is 0 Å². The molecule has 3 rings (SSSR count). The zero-order valence-electron chi connectivity index (χ0n) is 14.5. The summed E-state index contributed by atoms with van der Waals surface area (Å²) in [5.74, 6) is -0.303. The first-order chi connectivity index (χ1) is 11.9. The quantitative estimate of drug-likeness (QED) is 0.929. The minimum Gasteiger partial charge on any atom is -0.392 e. The second-order valence-corrected chi connectivity index (χ2v) is 6.79. The lowest BCUT2D eigenvalue weighted by Gasteiger charge is -2.25. The van der Waals surface area contributed by atoms with E-state index in [0.717, 1.165) is 11.1 Å². The van der Waals surface area contributed by atoms with E-state index >= 15 is 0 Å². The number of hydrogen-bond acceptors (Lipinski definition) is 3. The van der Waals surface area contributed by atoms with E-state index in [0.29, 0.717) is 25.1 Å². The molecule has 0 unspecified atom stereocenters. The van der Waals surface area contributed by atoms with Crippen LogP contribution in [-0.4, -0.2) is 47.6 Å². The fourth-order valence-electron chi connectivity index (χ4n) is 3.41. The number of carbonyl (C=O) groups excluding carboxylic acids is 1. The number of benzene rings is 2. The molecular formula is C20H23FN2O2. The van der Waals surface area contributed by atoms with Crippen LogP contribution >= 0.6 is 0 Å². The van der Waals surface area contributed by atoms with Gasteiger partial charge in [-0.3, -0.25) is 9.69 Å². The van der Waals surface area contributed by atoms with Crippen molar-refractivity contribution in [2.24, 2.45) is 0 Å². The van der Waals surface area contributed by atoms with E-state index in [1.165, 1.54) is 12.1 Å². The molecule has 0 saturated carbocycles. The average Bonchev–Trinajstić information content (AvgIpc) is 2.94. The van der Waals surface area contributed by atoms with Crippen molar-refractivity contribution >= 4 is 5.91 Å². The van der Waals surface area contributed by atoms with E-state index in [-0.39, 0.29) is 17.8 Å². The maximum Gasteiger partial charge on any atom is 0.253 e. The van der Waals surface area contributed by atoms with Crippen molar-refractivity contribution in [3.05, 3.63) is 71.0 Å². The van der Waals surface area contributed by atoms with Gasteiger partial charge in [0.25, 0.3) is 5.91 Å². The molecule has 2 aromatic carbocycles. The topological polar surface area (TPSA) is 43.8 Å². The van der Waals surface area contributed by atoms with Crippen molar-refractivity contribution < 1.29 is 14.3 Å². The molecule has 2 aromatic rings. The zero-order valence-corrected chi connectivity index (χ0v) is 14.5. The first-order valence-electron chi connectivity index (χ1n) is 8.42. The summed E-state index contributed by atoms with van der Waals surface area (Å²) in [5, 5.41) is 10.1. The normalized spacial score (nSPS) is 20.6. The molecular weight excluding hydrogens is 319 g/mol. The van der Waals surface area contributed by atoms with Crippen LogP contribution in [0.1, 0.15) is 33.9 Å². The predicted octanol–water partition coefficient (Wildman–Crippen LogP) is 2.84. The maximum atomic E-state index is 13.6. The number of carbonyl (C=O) groups is 1. The molecule has 2 atom stereocenters. The van der Waals surface area contributed by atoms with E-state index in [1.807, 2.05) is 24.3 Å². The summed E-state index contributed by atoms with van der Waals surface area (Å²) >= 11 is 0. The lowest BCUT2D eigenvalue weighted by molar-refractivity contribution is 0.0827. The Bertz CT molecular complexity index is 763. The molecule has 132 valence electrons. The van der Waals surface area contributed by atoms with Gasteiger partial charge in [0.15, 0.2) is 0 Å². The van der Waals surface area contributed by atoms with Crippen LogP contribution in [0.4, 0.5) is 4.39 Å². The smallest absolute Gasteiger partial charge is 0.253 e. The first-order valence-corrected chi connectivity index (χ1v) is 8.42. The van der Waals surface area contributed by atoms with Gasteiger partial charge in [0, 0.05) is 38.8 Å². The molecule has 0 aromatic heterocycles. The number of β-amino-alcohol motifs (C(OH)–C–C–N with tert-alkyl or cyclic N) is 1. The molecule has 1 heterocycles. The Hall–Kier alpha value is -2.24. The molecule has 1 fully saturated rings. The van der Waals surface area contributed by atoms with Crippen LogP contribution in [0.15, 0.2) is 48.5 Å². The Balaban J connectivity index is 1.81. The van der Waals surface area contributed by atoms with E-state index in [2.05, 4.69) is 4.90 Å². The third kappa shape index (κ3) is 4.06. The van der Waals surface area contributed by atoms with E-state index < -0.39 is 6.10 Å². The van der Waals surface area contributed by atoms with Crippen LogP contribution in [0.3, 0.4) is 0 Å². The molecule has 1 saturated heterocycles. The van der Waals surface area contributed by atoms with Gasteiger partial charge in [-0.1, -0.05) is 24.3 Å². The van der Waals surface area contributed by atoms with Gasteiger partial charge in [0.2, 0.25) is 0 Å². The number of halogens is 1. The monoisotopic (exact) mass is 342 g/mol. The van der Waals surface area contributed by atoms with Gasteiger partial charge in [-0.25, -0.2) is 4.39 Å². The number of amides is 1. The molecule has 0 radical (unpaired) electrons. The highest BCUT2D eigenvalue weighted by molar-refractivity contribution is 5.94. The van der Waals surface area contributed by atoms with E-state index in [1.54, 1.807) is 31.1 Å². The van der Waals surface area contributed by atoms with Gasteiger partial charge in [-0.05, 0) is 41.8 Å². The van der Waals surface area contributed by atoms with Crippen LogP contribution in [0.25, 0.3) is 0 Å². The second-order valence-electron chi connectivity index (χ2n) is 6.79. The van der Waals surface area contributed by atoms with Crippen molar-refractivity contribution in [3.63, 3.8) is 0 Å². The third-order valence-corrected chi connectivity index (χ3v) is 4.58. The summed E-state index contributed by atoms with van der Waals surface area (Å²) in [5.41, 5.74) is 2.52. The fourth-order valence-corrected chi connectivity index (χ4v) is 3.41. The molecule has 0 spiro atoms. The minimum absolute atomic E-state index is 0.0288. The van der Waals surface area contributed by atoms with Crippen LogP contribution in [-0.2, 0) is 6.54 Å². The summed E-state index contributed by atoms with van der Waals surface area (Å²) in [4.78, 5) is 15.8. The number of aliphatic hydroxyl groups is 1. The Morgan fingerprint density at radius 1 is 1.24 bits per heavy atom. The highest BCUT2D eigenvalue weighted by atomic mass is 19.1. The molecule has 1 aliphatic rings. The van der Waals surface area contributed by atoms with Crippen molar-refractivity contribution in [2.75, 3.05) is 20.6 Å². The largest absolute Gasteiger partial charge is 0.392 e. The lowest BCUT2D eigenvalue weighted by atomic mass is 10.0. The number of nitrogens with zero attached hydrogens (tertiary/aromatic N) is 2. The molecule has 0 aliphatic carbocycles. The Morgan fingerprint density at radius 3 is 2.72 bits per heavy atom. The zero-order chi connectivity index (χ0) is 18.0. The summed E-state index contributed by atoms with van der Waals surface area (Å²) < 4.78 is 13.6. The van der Waals surface area contributed by atoms with Gasteiger partial charge >= 0.3 is 0 Å². The van der Waals surface area contributed by atoms with Gasteiger partial charge in [0.05, 0.1) is 6.10 Å². The second kappa shape index (κ2) is 7.33. The van der Waals surface area contributed by atoms with Crippen LogP contribution in [0.5, 0.6) is 0 Å². The van der Waals surface area contributed by atoms with Crippen LogP contribution in [0, 0.1) is 5.82 Å². The van der Waals surface area contributed by atoms with E-state index in [4.69, 9.17) is 0 Å². The molecule has 1 N–H and O–H groups in total. The summed E-state index contributed by atoms with van der Waals surface area (Å²) in [6.45, 7) is 1.14. The minimum atomic E-state index is -0.431. The van der Waals surface area contributed by atoms with Gasteiger partial charge in [0.1, 0.15) is 5.82 Å². The summed E-state index contributed by atoms with van der Waals surface area (Å²) in [6, 6.07) is 14.0. The van der Waals surface area contributed by atoms with Gasteiger partial charge in [-0.15, -0.1) is 0 Å². The molecule has 25 heavy (non-hydrogen) atoms. The fraction of sp³-hybridized carbons (Fsp3) is 0.350. The van der Waals surface area contributed by atoms with Crippen molar-refractivity contribution in [1.29, 1.82) is 0 Å². The third-order valence-electron chi connectivity index (χ3n) is 4.58. The Labute approximate surface area is 147 Å². The van der Waals surface area contributed by atoms with Crippen LogP contribution in [0.2, 0.25) is 0 Å². The van der Waals surface area contributed by atoms with Gasteiger partial charge < -0.3 is 10.0 Å². The first kappa shape index (κ1) is 17.6. The van der Waals surface area contributed by atoms with E-state index in [9.17, 15) is 14.3 Å². The van der Waals surface area contributed by atoms with Crippen LogP contribution < -0.4 is 0 Å². The molecule has 1 aliphatic heterocycles. The Kier molecular flexibility index (Phi) is 5.16. The van der Waals surface area contributed by atoms with Crippen molar-refractivity contribution in [1.82, 2.24) is 9.80 Å². The number of rotatable bonds is 4. The highest BCUT2D eigenvalue weighted by Gasteiger charge is 2.32. The summed E-state index contributed by atoms with van der Waals surface area (Å²) in [6.07, 6.45) is 0.152. The van der Waals surface area contributed by atoms with Crippen molar-refractivity contribution in [2.45, 2.75) is 25.1 Å². The SMILES string of the molecule is CN(C)C(=O)c1cccc(CN2C[C@@H](O)C[C@@H]2c2cccc(F)c2)c1. The maximum absolute atomic E-state index is 13.6. The average molecular weight is 342 g/mol. The van der Waals surface area contributed by atoms with Gasteiger partial charge in [-0.2, -0.15) is 0 Å². The molecule has 0 bridgehead atoms. The standard InChI is InChI=1S/C20H23FN2O2/c1-22(2)20(25)16-7-3-5-14(9-16)12-23-13-18(24)11-19(23)15-6-4-8-17(21)10-15/h3-10,18-19,24H,11-13H2,1-2H3/t18-,19+/m0/s1. The number of hydrogen-bond donors (Lipinski definition) is 1. The number of aliphatic hydroxyl groups excluding tert-OH is 1. The lowest BCUT2D eigenvalue weighted by Crippen LogP contribution is -2.25. The number of likely N-dealkylation sites (tertiary alicyclic amines) is 1. The highest BCUT2D eigenvalue weighted by Crippen LogP contribution is 2.33. The molecule has 5 heteroatoms. The summed E-state index contributed by atoms with van der Waals surface area (Å²) in [7, 11) is 3.46. The predicted molar refractivity (Wildman–Crippen MR) is 94.6 cm³/mol.